The fourth-order valence-corrected chi connectivity index (χ4v) is 3.43. The predicted molar refractivity (Wildman–Crippen MR) is 85.6 cm³/mol. The van der Waals surface area contributed by atoms with Crippen LogP contribution in [-0.4, -0.2) is 34.9 Å². The lowest BCUT2D eigenvalue weighted by molar-refractivity contribution is -0.132. The van der Waals surface area contributed by atoms with Crippen LogP contribution in [0.3, 0.4) is 0 Å². The van der Waals surface area contributed by atoms with Crippen LogP contribution in [0.4, 0.5) is 4.39 Å². The molecule has 1 amide bonds. The number of hydrogen-bond acceptors (Lipinski definition) is 3. The van der Waals surface area contributed by atoms with E-state index in [1.807, 2.05) is 25.0 Å². The first kappa shape index (κ1) is 16.3. The van der Waals surface area contributed by atoms with E-state index in [2.05, 4.69) is 12.2 Å². The second-order valence-corrected chi connectivity index (χ2v) is 6.80. The molecule has 1 heterocycles. The lowest BCUT2D eigenvalue weighted by atomic mass is 10.0. The summed E-state index contributed by atoms with van der Waals surface area (Å²) in [6, 6.07) is 6.36. The standard InChI is InChI=1S/C16H23FN2OS/c1-10(2)14-16(20)19(11(3)9-21-4)15(18-14)12-5-7-13(17)8-6-12/h5-8,10-11,14-15,18H,9H2,1-4H3. The number of nitrogens with one attached hydrogen (secondary N) is 1. The Balaban J connectivity index is 2.31. The summed E-state index contributed by atoms with van der Waals surface area (Å²) >= 11 is 1.73. The van der Waals surface area contributed by atoms with E-state index in [1.54, 1.807) is 23.9 Å². The highest BCUT2D eigenvalue weighted by Crippen LogP contribution is 2.30. The average Bonchev–Trinajstić information content (AvgIpc) is 2.77. The van der Waals surface area contributed by atoms with E-state index in [-0.39, 0.29) is 35.9 Å². The first-order chi connectivity index (χ1) is 9.95. The fourth-order valence-electron chi connectivity index (χ4n) is 2.78. The highest BCUT2D eigenvalue weighted by atomic mass is 32.2. The maximum absolute atomic E-state index is 13.1. The minimum Gasteiger partial charge on any atom is -0.318 e. The summed E-state index contributed by atoms with van der Waals surface area (Å²) in [7, 11) is 0. The third-order valence-electron chi connectivity index (χ3n) is 3.87. The van der Waals surface area contributed by atoms with Crippen molar-refractivity contribution >= 4 is 17.7 Å². The van der Waals surface area contributed by atoms with E-state index in [9.17, 15) is 9.18 Å². The van der Waals surface area contributed by atoms with Crippen LogP contribution in [0.15, 0.2) is 24.3 Å². The maximum atomic E-state index is 13.1. The van der Waals surface area contributed by atoms with Crippen molar-refractivity contribution in [2.75, 3.05) is 12.0 Å². The number of nitrogens with zero attached hydrogens (tertiary/aromatic N) is 1. The molecular formula is C16H23FN2OS. The van der Waals surface area contributed by atoms with Crippen molar-refractivity contribution in [3.05, 3.63) is 35.6 Å². The molecule has 0 spiro atoms. The van der Waals surface area contributed by atoms with Crippen LogP contribution in [0.25, 0.3) is 0 Å². The fraction of sp³-hybridized carbons (Fsp3) is 0.562. The molecule has 1 saturated heterocycles. The minimum absolute atomic E-state index is 0.138. The van der Waals surface area contributed by atoms with Gasteiger partial charge in [0.05, 0.1) is 6.04 Å². The molecule has 3 atom stereocenters. The molecule has 0 aliphatic carbocycles. The van der Waals surface area contributed by atoms with Crippen LogP contribution in [0.2, 0.25) is 0 Å². The van der Waals surface area contributed by atoms with Crippen molar-refractivity contribution in [2.45, 2.75) is 39.0 Å². The molecular weight excluding hydrogens is 287 g/mol. The number of amides is 1. The van der Waals surface area contributed by atoms with Crippen molar-refractivity contribution in [3.63, 3.8) is 0 Å². The van der Waals surface area contributed by atoms with Gasteiger partial charge in [-0.2, -0.15) is 11.8 Å². The Morgan fingerprint density at radius 1 is 1.29 bits per heavy atom. The van der Waals surface area contributed by atoms with Gasteiger partial charge >= 0.3 is 0 Å². The predicted octanol–water partition coefficient (Wildman–Crippen LogP) is 3.03. The summed E-state index contributed by atoms with van der Waals surface area (Å²) in [4.78, 5) is 14.6. The second-order valence-electron chi connectivity index (χ2n) is 5.89. The van der Waals surface area contributed by atoms with E-state index in [0.29, 0.717) is 0 Å². The van der Waals surface area contributed by atoms with Crippen LogP contribution < -0.4 is 5.32 Å². The molecule has 0 saturated carbocycles. The highest BCUT2D eigenvalue weighted by Gasteiger charge is 2.42. The van der Waals surface area contributed by atoms with Gasteiger partial charge in [-0.05, 0) is 36.8 Å². The van der Waals surface area contributed by atoms with E-state index < -0.39 is 0 Å². The van der Waals surface area contributed by atoms with E-state index in [1.165, 1.54) is 12.1 Å². The lowest BCUT2D eigenvalue weighted by Gasteiger charge is -2.30. The van der Waals surface area contributed by atoms with Gasteiger partial charge < -0.3 is 4.90 Å². The Labute approximate surface area is 130 Å². The molecule has 1 aromatic rings. The number of carbonyl (C=O) groups excluding carboxylic acids is 1. The van der Waals surface area contributed by atoms with Gasteiger partial charge in [0.15, 0.2) is 0 Å². The molecule has 1 aromatic carbocycles. The van der Waals surface area contributed by atoms with E-state index in [0.717, 1.165) is 11.3 Å². The Hall–Kier alpha value is -1.07. The Morgan fingerprint density at radius 3 is 2.43 bits per heavy atom. The third kappa shape index (κ3) is 3.40. The first-order valence-corrected chi connectivity index (χ1v) is 8.67. The quantitative estimate of drug-likeness (QED) is 0.907. The molecule has 3 unspecified atom stereocenters. The van der Waals surface area contributed by atoms with Crippen molar-refractivity contribution in [1.29, 1.82) is 0 Å². The van der Waals surface area contributed by atoms with Gasteiger partial charge in [-0.3, -0.25) is 10.1 Å². The van der Waals surface area contributed by atoms with Gasteiger partial charge in [0, 0.05) is 11.8 Å². The van der Waals surface area contributed by atoms with Crippen molar-refractivity contribution in [2.24, 2.45) is 5.92 Å². The normalized spacial score (nSPS) is 23.9. The molecule has 0 bridgehead atoms. The van der Waals surface area contributed by atoms with Crippen LogP contribution in [0.5, 0.6) is 0 Å². The Kier molecular flexibility index (Phi) is 5.27. The molecule has 1 fully saturated rings. The molecule has 0 aromatic heterocycles. The van der Waals surface area contributed by atoms with Crippen LogP contribution in [-0.2, 0) is 4.79 Å². The molecule has 2 rings (SSSR count). The van der Waals surface area contributed by atoms with Gasteiger partial charge in [-0.15, -0.1) is 0 Å². The van der Waals surface area contributed by atoms with Gasteiger partial charge in [-0.25, -0.2) is 4.39 Å². The van der Waals surface area contributed by atoms with Crippen LogP contribution >= 0.6 is 11.8 Å². The average molecular weight is 310 g/mol. The monoisotopic (exact) mass is 310 g/mol. The van der Waals surface area contributed by atoms with Gasteiger partial charge in [0.25, 0.3) is 0 Å². The van der Waals surface area contributed by atoms with E-state index in [4.69, 9.17) is 0 Å². The lowest BCUT2D eigenvalue weighted by Crippen LogP contribution is -2.40. The topological polar surface area (TPSA) is 32.3 Å². The first-order valence-electron chi connectivity index (χ1n) is 7.28. The van der Waals surface area contributed by atoms with Gasteiger partial charge in [0.1, 0.15) is 12.0 Å². The number of halogens is 1. The maximum Gasteiger partial charge on any atom is 0.241 e. The van der Waals surface area contributed by atoms with Crippen LogP contribution in [0, 0.1) is 11.7 Å². The summed E-state index contributed by atoms with van der Waals surface area (Å²) in [5, 5.41) is 3.41. The summed E-state index contributed by atoms with van der Waals surface area (Å²) < 4.78 is 13.1. The number of carbonyl (C=O) groups is 1. The second kappa shape index (κ2) is 6.79. The zero-order chi connectivity index (χ0) is 15.6. The SMILES string of the molecule is CSCC(C)N1C(=O)C(C(C)C)NC1c1ccc(F)cc1. The Morgan fingerprint density at radius 2 is 1.90 bits per heavy atom. The molecule has 1 aliphatic heterocycles. The van der Waals surface area contributed by atoms with Crippen molar-refractivity contribution < 1.29 is 9.18 Å². The summed E-state index contributed by atoms with van der Waals surface area (Å²) in [5.74, 6) is 0.996. The van der Waals surface area contributed by atoms with Crippen molar-refractivity contribution in [1.82, 2.24) is 10.2 Å². The molecule has 1 aliphatic rings. The molecule has 5 heteroatoms. The summed E-state index contributed by atoms with van der Waals surface area (Å²) in [5.41, 5.74) is 0.931. The molecule has 3 nitrogen and oxygen atoms in total. The molecule has 116 valence electrons. The molecule has 0 radical (unpaired) electrons. The highest BCUT2D eigenvalue weighted by molar-refractivity contribution is 7.98. The number of benzene rings is 1. The summed E-state index contributed by atoms with van der Waals surface area (Å²) in [6.45, 7) is 6.15. The number of rotatable bonds is 5. The van der Waals surface area contributed by atoms with Gasteiger partial charge in [0.2, 0.25) is 5.91 Å². The molecule has 21 heavy (non-hydrogen) atoms. The zero-order valence-corrected chi connectivity index (χ0v) is 13.8. The van der Waals surface area contributed by atoms with Crippen LogP contribution in [0.1, 0.15) is 32.5 Å². The largest absolute Gasteiger partial charge is 0.318 e. The van der Waals surface area contributed by atoms with E-state index >= 15 is 0 Å². The number of thioether (sulfide) groups is 1. The zero-order valence-electron chi connectivity index (χ0n) is 13.0. The van der Waals surface area contributed by atoms with Gasteiger partial charge in [-0.1, -0.05) is 26.0 Å². The molecule has 1 N–H and O–H groups in total. The summed E-state index contributed by atoms with van der Waals surface area (Å²) in [6.07, 6.45) is 1.87. The Bertz CT molecular complexity index is 492. The third-order valence-corrected chi connectivity index (χ3v) is 4.69. The smallest absolute Gasteiger partial charge is 0.241 e. The minimum atomic E-state index is -0.257. The van der Waals surface area contributed by atoms with Crippen molar-refractivity contribution in [3.8, 4) is 0 Å². The number of hydrogen-bond donors (Lipinski definition) is 1.